The van der Waals surface area contributed by atoms with E-state index >= 15 is 0 Å². The molecule has 3 aliphatic rings. The normalized spacial score (nSPS) is 27.1. The number of nitrogens with two attached hydrogens (primary N) is 1. The third-order valence-electron chi connectivity index (χ3n) is 6.88. The Hall–Kier alpha value is -0.850. The third kappa shape index (κ3) is 6.07. The number of likely N-dealkylation sites (tertiary alicyclic amines) is 2. The summed E-state index contributed by atoms with van der Waals surface area (Å²) >= 11 is 0. The van der Waals surface area contributed by atoms with Gasteiger partial charge in [0.15, 0.2) is 0 Å². The zero-order valence-electron chi connectivity index (χ0n) is 17.6. The molecule has 3 rings (SSSR count). The van der Waals surface area contributed by atoms with Crippen molar-refractivity contribution in [2.75, 3.05) is 32.7 Å². The smallest absolute Gasteiger partial charge is 0.234 e. The molecule has 3 fully saturated rings. The van der Waals surface area contributed by atoms with Gasteiger partial charge in [-0.2, -0.15) is 0 Å². The van der Waals surface area contributed by atoms with Crippen LogP contribution in [0.2, 0.25) is 0 Å². The summed E-state index contributed by atoms with van der Waals surface area (Å²) in [5, 5.41) is 3.19. The van der Waals surface area contributed by atoms with Crippen molar-refractivity contribution in [3.63, 3.8) is 0 Å². The molecule has 2 aliphatic heterocycles. The fourth-order valence-corrected chi connectivity index (χ4v) is 4.95. The van der Waals surface area contributed by atoms with Crippen molar-refractivity contribution < 1.29 is 9.59 Å². The summed E-state index contributed by atoms with van der Waals surface area (Å²) < 4.78 is 0. The van der Waals surface area contributed by atoms with Crippen LogP contribution in [0.4, 0.5) is 0 Å². The molecule has 0 aromatic carbocycles. The summed E-state index contributed by atoms with van der Waals surface area (Å²) in [6.07, 6.45) is 8.49. The molecule has 0 bridgehead atoms. The summed E-state index contributed by atoms with van der Waals surface area (Å²) in [5.41, 5.74) is 6.25. The molecule has 0 aromatic rings. The van der Waals surface area contributed by atoms with Crippen molar-refractivity contribution in [3.05, 3.63) is 0 Å². The second-order valence-corrected chi connectivity index (χ2v) is 9.60. The molecule has 28 heavy (non-hydrogen) atoms. The lowest BCUT2D eigenvalue weighted by atomic mass is 9.80. The average Bonchev–Trinajstić information content (AvgIpc) is 2.65. The topological polar surface area (TPSA) is 78.7 Å². The Morgan fingerprint density at radius 2 is 1.64 bits per heavy atom. The van der Waals surface area contributed by atoms with E-state index in [9.17, 15) is 9.59 Å². The maximum Gasteiger partial charge on any atom is 0.234 e. The first-order chi connectivity index (χ1) is 12.8. The third-order valence-corrected chi connectivity index (χ3v) is 6.88. The van der Waals surface area contributed by atoms with Gasteiger partial charge in [0.1, 0.15) is 0 Å². The van der Waals surface area contributed by atoms with Crippen LogP contribution in [0.15, 0.2) is 0 Å². The highest BCUT2D eigenvalue weighted by Gasteiger charge is 2.34. The van der Waals surface area contributed by atoms with Gasteiger partial charge < -0.3 is 16.0 Å². The van der Waals surface area contributed by atoms with Gasteiger partial charge in [0.2, 0.25) is 11.8 Å². The van der Waals surface area contributed by atoms with E-state index in [4.69, 9.17) is 5.73 Å². The Morgan fingerprint density at radius 1 is 1.00 bits per heavy atom. The lowest BCUT2D eigenvalue weighted by Gasteiger charge is -2.42. The summed E-state index contributed by atoms with van der Waals surface area (Å²) in [6, 6.07) is 0.413. The lowest BCUT2D eigenvalue weighted by Crippen LogP contribution is -2.55. The summed E-state index contributed by atoms with van der Waals surface area (Å²) in [5.74, 6) is 0.711. The maximum atomic E-state index is 12.7. The van der Waals surface area contributed by atoms with E-state index in [-0.39, 0.29) is 41.7 Å². The second kappa shape index (κ2) is 10.3. The van der Waals surface area contributed by atoms with Gasteiger partial charge in [-0.3, -0.25) is 14.5 Å². The van der Waals surface area contributed by atoms with Gasteiger partial charge >= 0.3 is 0 Å². The first-order valence-corrected chi connectivity index (χ1v) is 10.9. The molecule has 2 heterocycles. The molecular formula is C21H39ClN4O2. The molecule has 3 N–H and O–H groups in total. The van der Waals surface area contributed by atoms with Crippen LogP contribution in [0.5, 0.6) is 0 Å². The standard InChI is InChI=1S/C21H38N4O2.ClH/c1-21(2)15-24(11-10-18(21)22)14-19(26)23-17-8-12-25(13-9-17)20(27)16-6-4-3-5-7-16;/h16-18H,3-15,22H2,1-2H3,(H,23,26);1H. The number of carbonyl (C=O) groups is 2. The molecule has 6 nitrogen and oxygen atoms in total. The van der Waals surface area contributed by atoms with E-state index in [0.717, 1.165) is 58.3 Å². The summed E-state index contributed by atoms with van der Waals surface area (Å²) in [7, 11) is 0. The molecule has 0 spiro atoms. The highest BCUT2D eigenvalue weighted by molar-refractivity contribution is 5.85. The van der Waals surface area contributed by atoms with Gasteiger partial charge in [0.05, 0.1) is 6.54 Å². The monoisotopic (exact) mass is 414 g/mol. The van der Waals surface area contributed by atoms with E-state index in [0.29, 0.717) is 12.5 Å². The molecule has 1 saturated carbocycles. The molecule has 1 atom stereocenters. The zero-order valence-corrected chi connectivity index (χ0v) is 18.4. The quantitative estimate of drug-likeness (QED) is 0.738. The van der Waals surface area contributed by atoms with Crippen molar-refractivity contribution in [3.8, 4) is 0 Å². The maximum absolute atomic E-state index is 12.7. The first kappa shape index (κ1) is 23.4. The van der Waals surface area contributed by atoms with Crippen LogP contribution in [0.1, 0.15) is 65.2 Å². The first-order valence-electron chi connectivity index (χ1n) is 10.9. The summed E-state index contributed by atoms with van der Waals surface area (Å²) in [4.78, 5) is 29.4. The number of amides is 2. The van der Waals surface area contributed by atoms with Gasteiger partial charge in [0.25, 0.3) is 0 Å². The number of halogens is 1. The number of rotatable bonds is 4. The van der Waals surface area contributed by atoms with Crippen molar-refractivity contribution in [1.82, 2.24) is 15.1 Å². The predicted molar refractivity (Wildman–Crippen MR) is 114 cm³/mol. The van der Waals surface area contributed by atoms with Crippen molar-refractivity contribution in [2.24, 2.45) is 17.1 Å². The Bertz CT molecular complexity index is 528. The number of hydrogen-bond donors (Lipinski definition) is 2. The Balaban J connectivity index is 0.00000280. The van der Waals surface area contributed by atoms with Crippen LogP contribution in [0.25, 0.3) is 0 Å². The van der Waals surface area contributed by atoms with Gasteiger partial charge in [-0.05, 0) is 37.5 Å². The van der Waals surface area contributed by atoms with Crippen LogP contribution < -0.4 is 11.1 Å². The van der Waals surface area contributed by atoms with Crippen LogP contribution in [0.3, 0.4) is 0 Å². The number of carbonyl (C=O) groups excluding carboxylic acids is 2. The van der Waals surface area contributed by atoms with Crippen molar-refractivity contribution in [1.29, 1.82) is 0 Å². The highest BCUT2D eigenvalue weighted by Crippen LogP contribution is 2.28. The molecule has 2 amide bonds. The molecule has 1 aliphatic carbocycles. The van der Waals surface area contributed by atoms with Gasteiger partial charge in [-0.25, -0.2) is 0 Å². The SMILES string of the molecule is CC1(C)CN(CC(=O)NC2CCN(C(=O)C3CCCCC3)CC2)CCC1N.Cl. The number of piperidine rings is 2. The average molecular weight is 415 g/mol. The highest BCUT2D eigenvalue weighted by atomic mass is 35.5. The predicted octanol–water partition coefficient (Wildman–Crippen LogP) is 2.15. The lowest BCUT2D eigenvalue weighted by molar-refractivity contribution is -0.137. The van der Waals surface area contributed by atoms with Gasteiger partial charge in [-0.1, -0.05) is 33.1 Å². The van der Waals surface area contributed by atoms with Crippen molar-refractivity contribution >= 4 is 24.2 Å². The molecule has 0 radical (unpaired) electrons. The minimum absolute atomic E-state index is 0. The van der Waals surface area contributed by atoms with Gasteiger partial charge in [-0.15, -0.1) is 12.4 Å². The van der Waals surface area contributed by atoms with E-state index in [1.165, 1.54) is 19.3 Å². The number of nitrogens with zero attached hydrogens (tertiary/aromatic N) is 2. The largest absolute Gasteiger partial charge is 0.352 e. The molecular weight excluding hydrogens is 376 g/mol. The van der Waals surface area contributed by atoms with Crippen LogP contribution >= 0.6 is 12.4 Å². The fraction of sp³-hybridized carbons (Fsp3) is 0.905. The molecule has 7 heteroatoms. The van der Waals surface area contributed by atoms with Gasteiger partial charge in [0, 0.05) is 44.2 Å². The fourth-order valence-electron chi connectivity index (χ4n) is 4.95. The minimum Gasteiger partial charge on any atom is -0.352 e. The molecule has 0 aromatic heterocycles. The molecule has 2 saturated heterocycles. The minimum atomic E-state index is 0. The van der Waals surface area contributed by atoms with E-state index in [1.807, 2.05) is 4.90 Å². The molecule has 162 valence electrons. The second-order valence-electron chi connectivity index (χ2n) is 9.60. The van der Waals surface area contributed by atoms with Crippen LogP contribution in [-0.2, 0) is 9.59 Å². The Labute approximate surface area is 176 Å². The Kier molecular flexibility index (Phi) is 8.59. The molecule has 1 unspecified atom stereocenters. The van der Waals surface area contributed by atoms with Crippen LogP contribution in [-0.4, -0.2) is 66.4 Å². The zero-order chi connectivity index (χ0) is 19.4. The van der Waals surface area contributed by atoms with E-state index in [2.05, 4.69) is 24.1 Å². The Morgan fingerprint density at radius 3 is 2.25 bits per heavy atom. The number of hydrogen-bond acceptors (Lipinski definition) is 4. The van der Waals surface area contributed by atoms with E-state index < -0.39 is 0 Å². The summed E-state index contributed by atoms with van der Waals surface area (Å²) in [6.45, 7) is 8.15. The van der Waals surface area contributed by atoms with Crippen LogP contribution in [0, 0.1) is 11.3 Å². The van der Waals surface area contributed by atoms with E-state index in [1.54, 1.807) is 0 Å². The van der Waals surface area contributed by atoms with Crippen molar-refractivity contribution in [2.45, 2.75) is 77.3 Å². The number of nitrogens with one attached hydrogen (secondary N) is 1.